The van der Waals surface area contributed by atoms with Gasteiger partial charge in [0.1, 0.15) is 5.82 Å². The van der Waals surface area contributed by atoms with E-state index < -0.39 is 0 Å². The Balaban J connectivity index is 1.10. The zero-order chi connectivity index (χ0) is 28.9. The van der Waals surface area contributed by atoms with E-state index in [1.54, 1.807) is 48.7 Å². The van der Waals surface area contributed by atoms with Crippen molar-refractivity contribution in [2.24, 2.45) is 0 Å². The Labute approximate surface area is 258 Å². The highest BCUT2D eigenvalue weighted by Gasteiger charge is 2.30. The van der Waals surface area contributed by atoms with Gasteiger partial charge in [0.05, 0.1) is 31.7 Å². The van der Waals surface area contributed by atoms with E-state index in [1.807, 2.05) is 11.0 Å². The number of aromatic nitrogens is 1. The average Bonchev–Trinajstić information content (AvgIpc) is 3.01. The summed E-state index contributed by atoms with van der Waals surface area (Å²) in [6, 6.07) is 16.5. The van der Waals surface area contributed by atoms with Gasteiger partial charge in [-0.15, -0.1) is 0 Å². The molecule has 2 saturated heterocycles. The largest absolute Gasteiger partial charge is 0.353 e. The van der Waals surface area contributed by atoms with E-state index in [9.17, 15) is 9.59 Å². The number of nitriles is 1. The molecule has 0 radical (unpaired) electrons. The molecule has 3 aromatic rings. The first kappa shape index (κ1) is 29.3. The summed E-state index contributed by atoms with van der Waals surface area (Å²) in [4.78, 5) is 36.9. The number of pyridine rings is 1. The fraction of sp³-hybridized carbons (Fsp3) is 0.333. The molecule has 2 aliphatic heterocycles. The molecule has 212 valence electrons. The molecule has 0 bridgehead atoms. The first-order valence-electron chi connectivity index (χ1n) is 13.5. The summed E-state index contributed by atoms with van der Waals surface area (Å²) >= 11 is 15.7. The molecule has 5 rings (SSSR count). The van der Waals surface area contributed by atoms with Gasteiger partial charge in [-0.1, -0.05) is 29.3 Å². The van der Waals surface area contributed by atoms with Crippen molar-refractivity contribution >= 4 is 56.8 Å². The first-order chi connectivity index (χ1) is 19.8. The van der Waals surface area contributed by atoms with E-state index in [4.69, 9.17) is 28.5 Å². The molecule has 3 heterocycles. The number of rotatable bonds is 6. The highest BCUT2D eigenvalue weighted by Crippen LogP contribution is 2.28. The Morgan fingerprint density at radius 1 is 0.951 bits per heavy atom. The second kappa shape index (κ2) is 13.2. The lowest BCUT2D eigenvalue weighted by Gasteiger charge is -2.43. The summed E-state index contributed by atoms with van der Waals surface area (Å²) in [7, 11) is 0. The van der Waals surface area contributed by atoms with Crippen LogP contribution in [0.5, 0.6) is 0 Å². The summed E-state index contributed by atoms with van der Waals surface area (Å²) in [5, 5.41) is 12.8. The number of halogens is 3. The lowest BCUT2D eigenvalue weighted by Crippen LogP contribution is -2.54. The number of amides is 2. The number of benzene rings is 2. The molecule has 0 aliphatic carbocycles. The first-order valence-corrected chi connectivity index (χ1v) is 15.0. The summed E-state index contributed by atoms with van der Waals surface area (Å²) in [6.07, 6.45) is 3.49. The molecule has 8 nitrogen and oxygen atoms in total. The lowest BCUT2D eigenvalue weighted by atomic mass is 10.0. The second-order valence-electron chi connectivity index (χ2n) is 10.2. The van der Waals surface area contributed by atoms with E-state index in [2.05, 4.69) is 42.1 Å². The molecule has 11 heteroatoms. The Kier molecular flexibility index (Phi) is 9.46. The van der Waals surface area contributed by atoms with Crippen LogP contribution in [0.3, 0.4) is 0 Å². The van der Waals surface area contributed by atoms with Crippen molar-refractivity contribution in [3.8, 4) is 6.07 Å². The van der Waals surface area contributed by atoms with Crippen LogP contribution in [0.15, 0.2) is 59.2 Å². The monoisotopic (exact) mass is 654 g/mol. The number of carbonyl (C=O) groups excluding carboxylic acids is 2. The van der Waals surface area contributed by atoms with E-state index in [0.29, 0.717) is 39.3 Å². The van der Waals surface area contributed by atoms with Crippen molar-refractivity contribution in [3.63, 3.8) is 0 Å². The van der Waals surface area contributed by atoms with Gasteiger partial charge < -0.3 is 15.1 Å². The van der Waals surface area contributed by atoms with Crippen LogP contribution in [-0.2, 0) is 6.54 Å². The fourth-order valence-corrected chi connectivity index (χ4v) is 6.24. The minimum absolute atomic E-state index is 0.0280. The van der Waals surface area contributed by atoms with Gasteiger partial charge in [0.25, 0.3) is 11.8 Å². The summed E-state index contributed by atoms with van der Waals surface area (Å²) in [5.74, 6) is 0.637. The quantitative estimate of drug-likeness (QED) is 0.384. The van der Waals surface area contributed by atoms with Gasteiger partial charge in [0, 0.05) is 63.6 Å². The summed E-state index contributed by atoms with van der Waals surface area (Å²) < 4.78 is 0.780. The van der Waals surface area contributed by atoms with E-state index in [0.717, 1.165) is 68.0 Å². The number of nitrogens with zero attached hydrogens (tertiary/aromatic N) is 5. The van der Waals surface area contributed by atoms with Crippen LogP contribution in [0.2, 0.25) is 10.0 Å². The van der Waals surface area contributed by atoms with Gasteiger partial charge >= 0.3 is 0 Å². The maximum atomic E-state index is 12.9. The normalized spacial score (nSPS) is 16.3. The number of piperidine rings is 1. The molecule has 0 saturated carbocycles. The van der Waals surface area contributed by atoms with Crippen molar-refractivity contribution in [2.75, 3.05) is 44.2 Å². The number of hydrogen-bond donors (Lipinski definition) is 1. The predicted molar refractivity (Wildman–Crippen MR) is 163 cm³/mol. The molecule has 0 spiro atoms. The van der Waals surface area contributed by atoms with Crippen molar-refractivity contribution in [1.82, 2.24) is 20.1 Å². The third-order valence-electron chi connectivity index (χ3n) is 7.66. The number of anilines is 1. The third-order valence-corrected chi connectivity index (χ3v) is 8.99. The molecule has 2 aliphatic rings. The minimum Gasteiger partial charge on any atom is -0.353 e. The Morgan fingerprint density at radius 2 is 1.66 bits per heavy atom. The van der Waals surface area contributed by atoms with Gasteiger partial charge in [-0.05, 0) is 76.8 Å². The molecule has 0 unspecified atom stereocenters. The van der Waals surface area contributed by atoms with Crippen LogP contribution in [0.1, 0.15) is 44.7 Å². The smallest absolute Gasteiger partial charge is 0.253 e. The number of hydrogen-bond acceptors (Lipinski definition) is 6. The number of nitrogens with one attached hydrogen (secondary N) is 1. The molecule has 2 aromatic carbocycles. The van der Waals surface area contributed by atoms with E-state index >= 15 is 0 Å². The van der Waals surface area contributed by atoms with Crippen molar-refractivity contribution in [2.45, 2.75) is 25.4 Å². The van der Waals surface area contributed by atoms with Gasteiger partial charge in [0.15, 0.2) is 0 Å². The molecule has 0 atom stereocenters. The van der Waals surface area contributed by atoms with Crippen molar-refractivity contribution in [3.05, 3.63) is 91.5 Å². The highest BCUT2D eigenvalue weighted by atomic mass is 79.9. The van der Waals surface area contributed by atoms with Crippen LogP contribution in [0, 0.1) is 11.3 Å². The van der Waals surface area contributed by atoms with Crippen LogP contribution in [0.4, 0.5) is 5.82 Å². The minimum atomic E-state index is -0.218. The molecular weight excluding hydrogens is 627 g/mol. The fourth-order valence-electron chi connectivity index (χ4n) is 5.32. The second-order valence-corrected chi connectivity index (χ2v) is 11.9. The highest BCUT2D eigenvalue weighted by molar-refractivity contribution is 9.10. The molecule has 2 fully saturated rings. The van der Waals surface area contributed by atoms with Gasteiger partial charge in [-0.25, -0.2) is 4.98 Å². The van der Waals surface area contributed by atoms with Gasteiger partial charge in [0.2, 0.25) is 0 Å². The third kappa shape index (κ3) is 7.02. The molecule has 2 amide bonds. The SMILES string of the molecule is N#Cc1ccc(C(=O)N2CCC(N3CCN(c4ncc(C(=O)NCc5ccc(Cl)c(Cl)c5)cc4Br)CC3)CC2)cc1. The topological polar surface area (TPSA) is 92.6 Å². The molecule has 1 N–H and O–H groups in total. The van der Waals surface area contributed by atoms with Crippen molar-refractivity contribution < 1.29 is 9.59 Å². The van der Waals surface area contributed by atoms with Gasteiger partial charge in [-0.2, -0.15) is 5.26 Å². The summed E-state index contributed by atoms with van der Waals surface area (Å²) in [6.45, 7) is 5.27. The number of piperazine rings is 1. The number of likely N-dealkylation sites (tertiary alicyclic amines) is 1. The lowest BCUT2D eigenvalue weighted by molar-refractivity contribution is 0.0610. The van der Waals surface area contributed by atoms with Crippen molar-refractivity contribution in [1.29, 1.82) is 5.26 Å². The Hall–Kier alpha value is -3.16. The van der Waals surface area contributed by atoms with Crippen LogP contribution < -0.4 is 10.2 Å². The molecule has 41 heavy (non-hydrogen) atoms. The maximum Gasteiger partial charge on any atom is 0.253 e. The average molecular weight is 656 g/mol. The van der Waals surface area contributed by atoms with E-state index in [1.165, 1.54) is 0 Å². The van der Waals surface area contributed by atoms with Crippen LogP contribution in [0.25, 0.3) is 0 Å². The standard InChI is InChI=1S/C30H29BrCl2N6O2/c31-25-16-23(29(40)36-18-21-3-6-26(32)27(33)15-21)19-35-28(25)38-13-11-37(12-14-38)24-7-9-39(10-8-24)30(41)22-4-1-20(17-34)2-5-22/h1-6,15-16,19,24H,7-14,18H2,(H,36,40). The van der Waals surface area contributed by atoms with E-state index in [-0.39, 0.29) is 11.8 Å². The zero-order valence-electron chi connectivity index (χ0n) is 22.3. The molecular formula is C30H29BrCl2N6O2. The zero-order valence-corrected chi connectivity index (χ0v) is 25.4. The Bertz CT molecular complexity index is 1460. The molecule has 1 aromatic heterocycles. The number of carbonyl (C=O) groups is 2. The predicted octanol–water partition coefficient (Wildman–Crippen LogP) is 5.38. The maximum absolute atomic E-state index is 12.9. The van der Waals surface area contributed by atoms with Crippen LogP contribution in [-0.4, -0.2) is 71.9 Å². The van der Waals surface area contributed by atoms with Crippen LogP contribution >= 0.6 is 39.1 Å². The summed E-state index contributed by atoms with van der Waals surface area (Å²) in [5.41, 5.74) is 2.52. The Morgan fingerprint density at radius 3 is 2.29 bits per heavy atom. The van der Waals surface area contributed by atoms with Gasteiger partial charge in [-0.3, -0.25) is 14.5 Å².